The van der Waals surface area contributed by atoms with Gasteiger partial charge >= 0.3 is 0 Å². The maximum Gasteiger partial charge on any atom is 0.271 e. The summed E-state index contributed by atoms with van der Waals surface area (Å²) in [4.78, 5) is 27.7. The van der Waals surface area contributed by atoms with E-state index >= 15 is 0 Å². The molecule has 0 saturated carbocycles. The molecule has 3 aromatic rings. The quantitative estimate of drug-likeness (QED) is 0.685. The largest absolute Gasteiger partial charge is 0.375 e. The molecular weight excluding hydrogens is 374 g/mol. The third-order valence-corrected chi connectivity index (χ3v) is 5.39. The van der Waals surface area contributed by atoms with Crippen molar-refractivity contribution in [2.75, 3.05) is 4.90 Å². The third-order valence-electron chi connectivity index (χ3n) is 5.13. The summed E-state index contributed by atoms with van der Waals surface area (Å²) in [6, 6.07) is 24.4. The Balaban J connectivity index is 1.81. The van der Waals surface area contributed by atoms with E-state index in [1.807, 2.05) is 6.07 Å². The van der Waals surface area contributed by atoms with Crippen LogP contribution >= 0.6 is 11.6 Å². The van der Waals surface area contributed by atoms with E-state index in [2.05, 4.69) is 0 Å². The number of rotatable bonds is 4. The number of hydrogen-bond acceptors (Lipinski definition) is 3. The minimum Gasteiger partial charge on any atom is -0.375 e. The Labute approximate surface area is 168 Å². The topological polar surface area (TPSA) is 57.6 Å². The molecule has 2 atom stereocenters. The van der Waals surface area contributed by atoms with Gasteiger partial charge in [-0.05, 0) is 41.8 Å². The van der Waals surface area contributed by atoms with E-state index in [0.717, 1.165) is 10.5 Å². The highest BCUT2D eigenvalue weighted by Crippen LogP contribution is 2.42. The van der Waals surface area contributed by atoms with Gasteiger partial charge in [-0.2, -0.15) is 0 Å². The second-order valence-electron chi connectivity index (χ2n) is 6.83. The number of anilines is 1. The summed E-state index contributed by atoms with van der Waals surface area (Å²) in [5, 5.41) is 12.2. The first-order valence-electron chi connectivity index (χ1n) is 8.97. The van der Waals surface area contributed by atoms with Gasteiger partial charge in [0.2, 0.25) is 5.91 Å². The number of benzene rings is 3. The summed E-state index contributed by atoms with van der Waals surface area (Å²) in [5.41, 5.74) is -0.260. The number of para-hydroxylation sites is 1. The predicted molar refractivity (Wildman–Crippen MR) is 108 cm³/mol. The van der Waals surface area contributed by atoms with E-state index in [1.54, 1.807) is 78.9 Å². The van der Waals surface area contributed by atoms with Crippen LogP contribution in [0.1, 0.15) is 11.1 Å². The first-order chi connectivity index (χ1) is 13.5. The molecule has 5 heteroatoms. The van der Waals surface area contributed by atoms with Gasteiger partial charge in [0.05, 0.1) is 11.6 Å². The molecule has 28 heavy (non-hydrogen) atoms. The molecule has 1 saturated heterocycles. The first-order valence-corrected chi connectivity index (χ1v) is 9.35. The Morgan fingerprint density at radius 1 is 0.857 bits per heavy atom. The number of halogens is 1. The molecule has 4 rings (SSSR count). The molecule has 1 aliphatic heterocycles. The summed E-state index contributed by atoms with van der Waals surface area (Å²) < 4.78 is 0. The van der Waals surface area contributed by atoms with Crippen LogP contribution in [-0.2, 0) is 21.6 Å². The van der Waals surface area contributed by atoms with Crippen molar-refractivity contribution in [1.82, 2.24) is 0 Å². The average molecular weight is 392 g/mol. The van der Waals surface area contributed by atoms with Crippen LogP contribution in [0.15, 0.2) is 84.9 Å². The number of hydrogen-bond donors (Lipinski definition) is 1. The Hall–Kier alpha value is -2.95. The van der Waals surface area contributed by atoms with Gasteiger partial charge in [-0.3, -0.25) is 9.59 Å². The van der Waals surface area contributed by atoms with Crippen LogP contribution < -0.4 is 4.90 Å². The number of imide groups is 1. The molecule has 1 N–H and O–H groups in total. The highest BCUT2D eigenvalue weighted by Gasteiger charge is 2.59. The minimum absolute atomic E-state index is 0.219. The smallest absolute Gasteiger partial charge is 0.271 e. The monoisotopic (exact) mass is 391 g/mol. The summed E-state index contributed by atoms with van der Waals surface area (Å²) in [6.07, 6.45) is 0.219. The van der Waals surface area contributed by atoms with E-state index in [0.29, 0.717) is 16.3 Å². The van der Waals surface area contributed by atoms with Crippen LogP contribution in [0.2, 0.25) is 5.02 Å². The van der Waals surface area contributed by atoms with Gasteiger partial charge in [0, 0.05) is 5.02 Å². The van der Waals surface area contributed by atoms with Crippen LogP contribution in [0, 0.1) is 5.92 Å². The lowest BCUT2D eigenvalue weighted by molar-refractivity contribution is -0.139. The molecule has 1 fully saturated rings. The van der Waals surface area contributed by atoms with Crippen LogP contribution in [0.3, 0.4) is 0 Å². The Bertz CT molecular complexity index is 1010. The fraction of sp³-hybridized carbons (Fsp3) is 0.130. The SMILES string of the molecule is O=C1[C@H](Cc2ccc(Cl)cc2)[C@@](O)(c2ccccc2)C(=O)N1c1ccccc1. The summed E-state index contributed by atoms with van der Waals surface area (Å²) in [7, 11) is 0. The van der Waals surface area contributed by atoms with Crippen molar-refractivity contribution in [3.8, 4) is 0 Å². The van der Waals surface area contributed by atoms with Crippen LogP contribution in [0.4, 0.5) is 5.69 Å². The lowest BCUT2D eigenvalue weighted by Gasteiger charge is -2.26. The van der Waals surface area contributed by atoms with Crippen LogP contribution in [0.5, 0.6) is 0 Å². The van der Waals surface area contributed by atoms with E-state index in [9.17, 15) is 14.7 Å². The molecule has 0 aliphatic carbocycles. The Morgan fingerprint density at radius 2 is 1.43 bits per heavy atom. The minimum atomic E-state index is -1.94. The molecular formula is C23H18ClNO3. The predicted octanol–water partition coefficient (Wildman–Crippen LogP) is 3.96. The third kappa shape index (κ3) is 3.01. The van der Waals surface area contributed by atoms with E-state index in [1.165, 1.54) is 0 Å². The zero-order chi connectivity index (χ0) is 19.7. The molecule has 0 spiro atoms. The van der Waals surface area contributed by atoms with Crippen molar-refractivity contribution in [1.29, 1.82) is 0 Å². The average Bonchev–Trinajstić information content (AvgIpc) is 2.92. The molecule has 2 amide bonds. The fourth-order valence-corrected chi connectivity index (χ4v) is 3.81. The van der Waals surface area contributed by atoms with Gasteiger partial charge in [-0.1, -0.05) is 72.3 Å². The normalized spacial score (nSPS) is 21.9. The van der Waals surface area contributed by atoms with E-state index in [4.69, 9.17) is 11.6 Å². The van der Waals surface area contributed by atoms with Crippen LogP contribution in [-0.4, -0.2) is 16.9 Å². The zero-order valence-electron chi connectivity index (χ0n) is 15.0. The number of carbonyl (C=O) groups excluding carboxylic acids is 2. The standard InChI is InChI=1S/C23H18ClNO3/c24-18-13-11-16(12-14-18)15-20-21(26)25(19-9-5-2-6-10-19)22(27)23(20,28)17-7-3-1-4-8-17/h1-14,20,28H,15H2/t20-,23-/m0/s1. The number of carbonyl (C=O) groups is 2. The number of amides is 2. The van der Waals surface area contributed by atoms with Gasteiger partial charge in [0.25, 0.3) is 5.91 Å². The molecule has 0 unspecified atom stereocenters. The maximum atomic E-state index is 13.3. The molecule has 3 aromatic carbocycles. The second kappa shape index (κ2) is 7.23. The summed E-state index contributed by atoms with van der Waals surface area (Å²) in [5.74, 6) is -1.99. The van der Waals surface area contributed by atoms with E-state index in [-0.39, 0.29) is 6.42 Å². The molecule has 1 heterocycles. The van der Waals surface area contributed by atoms with E-state index < -0.39 is 23.3 Å². The molecule has 1 aliphatic rings. The first kappa shape index (κ1) is 18.4. The maximum absolute atomic E-state index is 13.3. The lowest BCUT2D eigenvalue weighted by atomic mass is 9.80. The van der Waals surface area contributed by atoms with Crippen LogP contribution in [0.25, 0.3) is 0 Å². The molecule has 0 aromatic heterocycles. The second-order valence-corrected chi connectivity index (χ2v) is 7.27. The van der Waals surface area contributed by atoms with Gasteiger partial charge < -0.3 is 5.11 Å². The van der Waals surface area contributed by atoms with Crippen molar-refractivity contribution < 1.29 is 14.7 Å². The Morgan fingerprint density at radius 3 is 2.04 bits per heavy atom. The van der Waals surface area contributed by atoms with Crippen molar-refractivity contribution in [2.24, 2.45) is 5.92 Å². The number of aliphatic hydroxyl groups is 1. The van der Waals surface area contributed by atoms with Gasteiger partial charge in [0.1, 0.15) is 0 Å². The highest BCUT2D eigenvalue weighted by atomic mass is 35.5. The Kier molecular flexibility index (Phi) is 4.75. The van der Waals surface area contributed by atoms with Gasteiger partial charge in [-0.15, -0.1) is 0 Å². The molecule has 0 bridgehead atoms. The molecule has 140 valence electrons. The zero-order valence-corrected chi connectivity index (χ0v) is 15.7. The van der Waals surface area contributed by atoms with Crippen molar-refractivity contribution in [3.63, 3.8) is 0 Å². The lowest BCUT2D eigenvalue weighted by Crippen LogP contribution is -2.41. The van der Waals surface area contributed by atoms with Gasteiger partial charge in [-0.25, -0.2) is 4.90 Å². The fourth-order valence-electron chi connectivity index (χ4n) is 3.68. The van der Waals surface area contributed by atoms with Gasteiger partial charge in [0.15, 0.2) is 5.60 Å². The highest BCUT2D eigenvalue weighted by molar-refractivity contribution is 6.30. The van der Waals surface area contributed by atoms with Crippen molar-refractivity contribution in [3.05, 3.63) is 101 Å². The molecule has 0 radical (unpaired) electrons. The number of nitrogens with zero attached hydrogens (tertiary/aromatic N) is 1. The summed E-state index contributed by atoms with van der Waals surface area (Å²) in [6.45, 7) is 0. The van der Waals surface area contributed by atoms with Crippen molar-refractivity contribution in [2.45, 2.75) is 12.0 Å². The van der Waals surface area contributed by atoms with Crippen molar-refractivity contribution >= 4 is 29.1 Å². The summed E-state index contributed by atoms with van der Waals surface area (Å²) >= 11 is 5.96. The molecule has 4 nitrogen and oxygen atoms in total.